The Hall–Kier alpha value is -4.19. The van der Waals surface area contributed by atoms with E-state index in [-0.39, 0.29) is 31.1 Å². The molecule has 83 heavy (non-hydrogen) atoms. The zero-order valence-electron chi connectivity index (χ0n) is 54.4. The van der Waals surface area contributed by atoms with Crippen molar-refractivity contribution in [1.82, 2.24) is 0 Å². The number of rotatable bonds is 63. The van der Waals surface area contributed by atoms with Gasteiger partial charge in [0.25, 0.3) is 0 Å². The van der Waals surface area contributed by atoms with Gasteiger partial charge in [-0.05, 0) is 109 Å². The number of hydrogen-bond acceptors (Lipinski definition) is 6. The Morgan fingerprint density at radius 1 is 0.253 bits per heavy atom. The minimum absolute atomic E-state index is 0.0773. The summed E-state index contributed by atoms with van der Waals surface area (Å²) in [4.78, 5) is 38.0. The second-order valence-corrected chi connectivity index (χ2v) is 23.0. The van der Waals surface area contributed by atoms with Gasteiger partial charge in [0.05, 0.1) is 0 Å². The van der Waals surface area contributed by atoms with Crippen LogP contribution in [0.5, 0.6) is 0 Å². The van der Waals surface area contributed by atoms with Gasteiger partial charge < -0.3 is 14.2 Å². The molecule has 0 saturated carbocycles. The molecule has 1 atom stereocenters. The fourth-order valence-electron chi connectivity index (χ4n) is 9.79. The van der Waals surface area contributed by atoms with Crippen LogP contribution in [-0.4, -0.2) is 37.2 Å². The first-order chi connectivity index (χ1) is 41.0. The molecule has 0 N–H and O–H groups in total. The van der Waals surface area contributed by atoms with Crippen molar-refractivity contribution >= 4 is 17.9 Å². The predicted octanol–water partition coefficient (Wildman–Crippen LogP) is 24.3. The van der Waals surface area contributed by atoms with Crippen LogP contribution < -0.4 is 0 Å². The molecule has 0 aromatic carbocycles. The van der Waals surface area contributed by atoms with Crippen LogP contribution in [0.15, 0.2) is 122 Å². The van der Waals surface area contributed by atoms with Crippen molar-refractivity contribution in [3.63, 3.8) is 0 Å². The molecule has 0 rings (SSSR count). The van der Waals surface area contributed by atoms with Crippen molar-refractivity contribution in [2.24, 2.45) is 0 Å². The number of allylic oxidation sites excluding steroid dienone is 20. The lowest BCUT2D eigenvalue weighted by Gasteiger charge is -2.18. The van der Waals surface area contributed by atoms with Crippen molar-refractivity contribution in [2.45, 2.75) is 335 Å². The third-order valence-electron chi connectivity index (χ3n) is 15.0. The monoisotopic (exact) mass is 1150 g/mol. The van der Waals surface area contributed by atoms with E-state index < -0.39 is 6.10 Å². The lowest BCUT2D eigenvalue weighted by molar-refractivity contribution is -0.167. The number of hydrogen-bond donors (Lipinski definition) is 0. The lowest BCUT2D eigenvalue weighted by atomic mass is 10.0. The van der Waals surface area contributed by atoms with Gasteiger partial charge in [0.2, 0.25) is 0 Å². The van der Waals surface area contributed by atoms with Gasteiger partial charge in [-0.2, -0.15) is 0 Å². The standard InChI is InChI=1S/C77H130O6/c1-4-7-10-13-15-17-19-21-23-25-27-29-31-33-35-36-37-38-39-40-42-43-45-47-49-51-53-55-57-59-61-64-67-70-76(79)82-73-74(72-81-75(78)69-66-63-12-9-6-3)83-77(80)71-68-65-62-60-58-56-54-52-50-48-46-44-41-34-32-30-28-26-24-22-20-18-16-14-11-8-5-2/h7-8,10-11,15-18,21-24,27-30,33-35,41,74H,4-6,9,12-14,19-20,25-26,31-32,36-40,42-73H2,1-3H3/b10-7-,11-8-,17-15-,18-16-,23-21-,24-22-,29-27-,30-28-,35-33-,41-34-. The fraction of sp³-hybridized carbons (Fsp3) is 0.701. The first kappa shape index (κ1) is 78.8. The van der Waals surface area contributed by atoms with Crippen LogP contribution in [-0.2, 0) is 28.6 Å². The van der Waals surface area contributed by atoms with E-state index in [1.165, 1.54) is 161 Å². The van der Waals surface area contributed by atoms with E-state index >= 15 is 0 Å². The number of carbonyl (C=O) groups excluding carboxylic acids is 3. The highest BCUT2D eigenvalue weighted by Gasteiger charge is 2.19. The van der Waals surface area contributed by atoms with Crippen LogP contribution in [0.2, 0.25) is 0 Å². The zero-order valence-corrected chi connectivity index (χ0v) is 54.4. The Balaban J connectivity index is 3.98. The summed E-state index contributed by atoms with van der Waals surface area (Å²) in [6.07, 6.45) is 98.5. The Morgan fingerprint density at radius 2 is 0.470 bits per heavy atom. The molecule has 0 amide bonds. The number of ether oxygens (including phenoxy) is 3. The van der Waals surface area contributed by atoms with E-state index in [1.54, 1.807) is 0 Å². The summed E-state index contributed by atoms with van der Waals surface area (Å²) in [7, 11) is 0. The number of unbranched alkanes of at least 4 members (excludes halogenated alkanes) is 32. The highest BCUT2D eigenvalue weighted by atomic mass is 16.6. The molecule has 6 nitrogen and oxygen atoms in total. The third-order valence-corrected chi connectivity index (χ3v) is 15.0. The SMILES string of the molecule is CC/C=C\C/C=C\C/C=C\C/C=C\C/C=C\CCCCCCCCCCCCCCCCCCCC(=O)OCC(COC(=O)CCCCCCC)OC(=O)CCCCCCCCCCCCC/C=C\C/C=C\C/C=C\C/C=C\C/C=C\CC. The minimum atomic E-state index is -0.777. The molecule has 0 spiro atoms. The number of carbonyl (C=O) groups is 3. The molecule has 474 valence electrons. The van der Waals surface area contributed by atoms with E-state index in [2.05, 4.69) is 142 Å². The van der Waals surface area contributed by atoms with E-state index in [4.69, 9.17) is 14.2 Å². The maximum atomic E-state index is 12.9. The molecule has 0 aromatic rings. The Labute approximate surface area is 513 Å². The molecule has 6 heteroatoms. The first-order valence-electron chi connectivity index (χ1n) is 35.0. The average Bonchev–Trinajstić information content (AvgIpc) is 3.49. The summed E-state index contributed by atoms with van der Waals surface area (Å²) in [5.41, 5.74) is 0. The minimum Gasteiger partial charge on any atom is -0.462 e. The molecule has 0 bridgehead atoms. The molecular weight excluding hydrogens is 1020 g/mol. The predicted molar refractivity (Wildman–Crippen MR) is 362 cm³/mol. The summed E-state index contributed by atoms with van der Waals surface area (Å²) < 4.78 is 16.8. The largest absolute Gasteiger partial charge is 0.462 e. The molecule has 0 aliphatic rings. The molecule has 0 aliphatic carbocycles. The number of esters is 3. The van der Waals surface area contributed by atoms with Gasteiger partial charge in [-0.25, -0.2) is 0 Å². The van der Waals surface area contributed by atoms with Gasteiger partial charge in [-0.15, -0.1) is 0 Å². The molecule has 0 radical (unpaired) electrons. The first-order valence-corrected chi connectivity index (χ1v) is 35.0. The molecule has 0 aliphatic heterocycles. The normalized spacial score (nSPS) is 12.9. The highest BCUT2D eigenvalue weighted by Crippen LogP contribution is 2.17. The maximum Gasteiger partial charge on any atom is 0.306 e. The average molecular weight is 1150 g/mol. The van der Waals surface area contributed by atoms with Crippen LogP contribution >= 0.6 is 0 Å². The van der Waals surface area contributed by atoms with Crippen molar-refractivity contribution in [1.29, 1.82) is 0 Å². The second kappa shape index (κ2) is 70.3. The molecule has 0 saturated heterocycles. The third kappa shape index (κ3) is 68.5. The summed E-state index contributed by atoms with van der Waals surface area (Å²) in [6, 6.07) is 0. The van der Waals surface area contributed by atoms with E-state index in [9.17, 15) is 14.4 Å². The van der Waals surface area contributed by atoms with Gasteiger partial charge in [-0.3, -0.25) is 14.4 Å². The maximum absolute atomic E-state index is 12.9. The Morgan fingerprint density at radius 3 is 0.735 bits per heavy atom. The van der Waals surface area contributed by atoms with Crippen molar-refractivity contribution in [2.75, 3.05) is 13.2 Å². The molecule has 0 fully saturated rings. The smallest absolute Gasteiger partial charge is 0.306 e. The molecule has 0 heterocycles. The zero-order chi connectivity index (χ0) is 59.9. The topological polar surface area (TPSA) is 78.9 Å². The van der Waals surface area contributed by atoms with E-state index in [1.807, 2.05) is 0 Å². The van der Waals surface area contributed by atoms with Crippen molar-refractivity contribution in [3.05, 3.63) is 122 Å². The summed E-state index contributed by atoms with van der Waals surface area (Å²) >= 11 is 0. The second-order valence-electron chi connectivity index (χ2n) is 23.0. The van der Waals surface area contributed by atoms with Crippen LogP contribution in [0, 0.1) is 0 Å². The lowest BCUT2D eigenvalue weighted by Crippen LogP contribution is -2.30. The van der Waals surface area contributed by atoms with Crippen molar-refractivity contribution in [3.8, 4) is 0 Å². The summed E-state index contributed by atoms with van der Waals surface area (Å²) in [6.45, 7) is 6.35. The fourth-order valence-corrected chi connectivity index (χ4v) is 9.79. The quantitative estimate of drug-likeness (QED) is 0.0261. The highest BCUT2D eigenvalue weighted by molar-refractivity contribution is 5.71. The summed E-state index contributed by atoms with van der Waals surface area (Å²) in [5, 5.41) is 0. The van der Waals surface area contributed by atoms with Gasteiger partial charge in [-0.1, -0.05) is 322 Å². The van der Waals surface area contributed by atoms with Crippen LogP contribution in [0.1, 0.15) is 329 Å². The Kier molecular flexibility index (Phi) is 66.7. The van der Waals surface area contributed by atoms with Gasteiger partial charge >= 0.3 is 17.9 Å². The molecule has 0 aromatic heterocycles. The van der Waals surface area contributed by atoms with Crippen LogP contribution in [0.3, 0.4) is 0 Å². The molecular formula is C77H130O6. The van der Waals surface area contributed by atoms with E-state index in [0.717, 1.165) is 128 Å². The van der Waals surface area contributed by atoms with Crippen LogP contribution in [0.25, 0.3) is 0 Å². The van der Waals surface area contributed by atoms with Gasteiger partial charge in [0, 0.05) is 19.3 Å². The Bertz CT molecular complexity index is 1700. The summed E-state index contributed by atoms with van der Waals surface area (Å²) in [5.74, 6) is -0.884. The van der Waals surface area contributed by atoms with E-state index in [0.29, 0.717) is 19.3 Å². The van der Waals surface area contributed by atoms with Gasteiger partial charge in [0.15, 0.2) is 6.10 Å². The van der Waals surface area contributed by atoms with Crippen LogP contribution in [0.4, 0.5) is 0 Å². The van der Waals surface area contributed by atoms with Gasteiger partial charge in [0.1, 0.15) is 13.2 Å². The molecule has 1 unspecified atom stereocenters. The van der Waals surface area contributed by atoms with Crippen molar-refractivity contribution < 1.29 is 28.6 Å².